The normalized spacial score (nSPS) is 15.4. The van der Waals surface area contributed by atoms with Gasteiger partial charge < -0.3 is 15.0 Å². The van der Waals surface area contributed by atoms with Gasteiger partial charge in [0.05, 0.1) is 16.9 Å². The minimum Gasteiger partial charge on any atom is -0.497 e. The second kappa shape index (κ2) is 7.94. The zero-order valence-corrected chi connectivity index (χ0v) is 16.1. The Morgan fingerprint density at radius 1 is 1.07 bits per heavy atom. The summed E-state index contributed by atoms with van der Waals surface area (Å²) < 4.78 is 5.16. The summed E-state index contributed by atoms with van der Waals surface area (Å²) in [6, 6.07) is 20.4. The first-order valence-corrected chi connectivity index (χ1v) is 9.93. The number of methoxy groups -OCH3 is 1. The van der Waals surface area contributed by atoms with Gasteiger partial charge in [-0.1, -0.05) is 42.5 Å². The van der Waals surface area contributed by atoms with Crippen molar-refractivity contribution in [2.45, 2.75) is 26.2 Å². The first kappa shape index (κ1) is 17.8. The van der Waals surface area contributed by atoms with Crippen LogP contribution in [0.25, 0.3) is 0 Å². The molecule has 1 atom stereocenters. The van der Waals surface area contributed by atoms with Crippen molar-refractivity contribution in [1.82, 2.24) is 5.32 Å². The van der Waals surface area contributed by atoms with Gasteiger partial charge in [-0.3, -0.25) is 4.79 Å². The van der Waals surface area contributed by atoms with E-state index in [0.29, 0.717) is 6.54 Å². The maximum atomic E-state index is 12.5. The number of benzene rings is 2. The predicted molar refractivity (Wildman–Crippen MR) is 107 cm³/mol. The number of carbonyl (C=O) groups is 1. The van der Waals surface area contributed by atoms with E-state index in [-0.39, 0.29) is 5.91 Å². The second-order valence-electron chi connectivity index (χ2n) is 6.86. The number of hydrogen-bond acceptors (Lipinski definition) is 3. The summed E-state index contributed by atoms with van der Waals surface area (Å²) in [5.74, 6) is 0.831. The molecule has 138 valence electrons. The first-order chi connectivity index (χ1) is 13.2. The topological polar surface area (TPSA) is 42.8 Å². The molecule has 0 aliphatic carbocycles. The molecule has 0 fully saturated rings. The monoisotopic (exact) mass is 379 g/mol. The summed E-state index contributed by atoms with van der Waals surface area (Å²) in [7, 11) is 1.65. The quantitative estimate of drug-likeness (QED) is 0.692. The minimum absolute atomic E-state index is 0.00910. The van der Waals surface area contributed by atoms with E-state index >= 15 is 0 Å². The lowest BCUT2D eigenvalue weighted by molar-refractivity contribution is -0.934. The first-order valence-electron chi connectivity index (χ1n) is 9.11. The summed E-state index contributed by atoms with van der Waals surface area (Å²) in [4.78, 5) is 16.2. The second-order valence-corrected chi connectivity index (χ2v) is 7.99. The highest BCUT2D eigenvalue weighted by molar-refractivity contribution is 7.14. The molecule has 2 N–H and O–H groups in total. The molecule has 1 amide bonds. The van der Waals surface area contributed by atoms with Crippen molar-refractivity contribution in [1.29, 1.82) is 0 Å². The van der Waals surface area contributed by atoms with E-state index in [1.54, 1.807) is 18.4 Å². The molecule has 3 aromatic rings. The van der Waals surface area contributed by atoms with Gasteiger partial charge in [0.1, 0.15) is 25.4 Å². The van der Waals surface area contributed by atoms with E-state index in [1.807, 2.05) is 24.3 Å². The standard InChI is InChI=1S/C22H22N2O2S/c1-26-19-9-7-16(8-10-19)12-23-22(25)20-11-18-14-24(15-21(18)27-20)13-17-5-3-2-4-6-17/h2-11H,12-15H2,1H3,(H,23,25)/p+1. The molecule has 0 saturated carbocycles. The lowest BCUT2D eigenvalue weighted by Gasteiger charge is -2.12. The molecule has 4 nitrogen and oxygen atoms in total. The molecule has 2 aromatic carbocycles. The third-order valence-electron chi connectivity index (χ3n) is 4.88. The van der Waals surface area contributed by atoms with Gasteiger partial charge in [0, 0.05) is 17.7 Å². The number of nitrogens with one attached hydrogen (secondary N) is 2. The molecule has 5 heteroatoms. The summed E-state index contributed by atoms with van der Waals surface area (Å²) in [6.45, 7) is 3.55. The van der Waals surface area contributed by atoms with E-state index in [0.717, 1.165) is 35.8 Å². The van der Waals surface area contributed by atoms with E-state index in [4.69, 9.17) is 4.74 Å². The number of ether oxygens (including phenoxy) is 1. The molecule has 1 aromatic heterocycles. The fraction of sp³-hybridized carbons (Fsp3) is 0.227. The lowest BCUT2D eigenvalue weighted by Crippen LogP contribution is -3.06. The maximum Gasteiger partial charge on any atom is 0.261 e. The summed E-state index contributed by atoms with van der Waals surface area (Å²) in [5.41, 5.74) is 3.74. The average molecular weight is 380 g/mol. The van der Waals surface area contributed by atoms with Gasteiger partial charge >= 0.3 is 0 Å². The van der Waals surface area contributed by atoms with Crippen LogP contribution in [0.2, 0.25) is 0 Å². The van der Waals surface area contributed by atoms with Crippen LogP contribution in [0.5, 0.6) is 5.75 Å². The Labute approximate surface area is 163 Å². The number of carbonyl (C=O) groups excluding carboxylic acids is 1. The fourth-order valence-electron chi connectivity index (χ4n) is 3.46. The zero-order chi connectivity index (χ0) is 18.6. The van der Waals surface area contributed by atoms with Crippen LogP contribution in [0.4, 0.5) is 0 Å². The summed E-state index contributed by atoms with van der Waals surface area (Å²) >= 11 is 1.63. The molecular weight excluding hydrogens is 356 g/mol. The highest BCUT2D eigenvalue weighted by Gasteiger charge is 2.27. The van der Waals surface area contributed by atoms with Crippen LogP contribution in [0.1, 0.15) is 31.2 Å². The predicted octanol–water partition coefficient (Wildman–Crippen LogP) is 2.79. The van der Waals surface area contributed by atoms with Crippen molar-refractivity contribution < 1.29 is 14.4 Å². The SMILES string of the molecule is COc1ccc(CNC(=O)c2cc3c(s2)C[NH+](Cc2ccccc2)C3)cc1. The molecular formula is C22H23N2O2S+. The number of hydrogen-bond donors (Lipinski definition) is 2. The van der Waals surface area contributed by atoms with Crippen LogP contribution in [0.15, 0.2) is 60.7 Å². The van der Waals surface area contributed by atoms with Crippen LogP contribution < -0.4 is 15.0 Å². The Hall–Kier alpha value is -2.63. The molecule has 0 saturated heterocycles. The van der Waals surface area contributed by atoms with Crippen molar-refractivity contribution >= 4 is 17.2 Å². The van der Waals surface area contributed by atoms with Crippen molar-refractivity contribution in [2.75, 3.05) is 7.11 Å². The zero-order valence-electron chi connectivity index (χ0n) is 15.3. The molecule has 0 radical (unpaired) electrons. The third-order valence-corrected chi connectivity index (χ3v) is 6.06. The Balaban J connectivity index is 1.32. The minimum atomic E-state index is 0.00910. The van der Waals surface area contributed by atoms with Crippen molar-refractivity contribution in [3.05, 3.63) is 87.1 Å². The van der Waals surface area contributed by atoms with E-state index in [1.165, 1.54) is 20.9 Å². The van der Waals surface area contributed by atoms with Crippen LogP contribution in [-0.2, 0) is 26.2 Å². The molecule has 4 rings (SSSR count). The molecule has 0 spiro atoms. The molecule has 0 bridgehead atoms. The van der Waals surface area contributed by atoms with Gasteiger partial charge in [-0.25, -0.2) is 0 Å². The van der Waals surface area contributed by atoms with Crippen molar-refractivity contribution in [2.24, 2.45) is 0 Å². The van der Waals surface area contributed by atoms with Gasteiger partial charge in [-0.2, -0.15) is 0 Å². The largest absolute Gasteiger partial charge is 0.497 e. The number of thiophene rings is 1. The summed E-state index contributed by atoms with van der Waals surface area (Å²) in [6.07, 6.45) is 0. The van der Waals surface area contributed by atoms with E-state index in [2.05, 4.69) is 41.7 Å². The molecule has 27 heavy (non-hydrogen) atoms. The Bertz CT molecular complexity index is 896. The van der Waals surface area contributed by atoms with Crippen LogP contribution in [-0.4, -0.2) is 13.0 Å². The highest BCUT2D eigenvalue weighted by atomic mass is 32.1. The van der Waals surface area contributed by atoms with E-state index < -0.39 is 0 Å². The van der Waals surface area contributed by atoms with Gasteiger partial charge in [0.2, 0.25) is 0 Å². The van der Waals surface area contributed by atoms with Crippen LogP contribution >= 0.6 is 11.3 Å². The smallest absolute Gasteiger partial charge is 0.261 e. The number of amides is 1. The average Bonchev–Trinajstić information content (AvgIpc) is 3.26. The Kier molecular flexibility index (Phi) is 5.23. The summed E-state index contributed by atoms with van der Waals surface area (Å²) in [5, 5.41) is 3.02. The Morgan fingerprint density at radius 2 is 1.85 bits per heavy atom. The van der Waals surface area contributed by atoms with Crippen LogP contribution in [0.3, 0.4) is 0 Å². The third kappa shape index (κ3) is 4.21. The van der Waals surface area contributed by atoms with Gasteiger partial charge in [-0.05, 0) is 23.8 Å². The Morgan fingerprint density at radius 3 is 2.56 bits per heavy atom. The van der Waals surface area contributed by atoms with E-state index in [9.17, 15) is 4.79 Å². The van der Waals surface area contributed by atoms with Gasteiger partial charge in [-0.15, -0.1) is 11.3 Å². The van der Waals surface area contributed by atoms with Crippen molar-refractivity contribution in [3.63, 3.8) is 0 Å². The lowest BCUT2D eigenvalue weighted by atomic mass is 10.2. The fourth-order valence-corrected chi connectivity index (χ4v) is 4.63. The molecule has 1 aliphatic rings. The maximum absolute atomic E-state index is 12.5. The van der Waals surface area contributed by atoms with Gasteiger partial charge in [0.15, 0.2) is 0 Å². The number of quaternary nitrogens is 1. The molecule has 1 unspecified atom stereocenters. The molecule has 1 aliphatic heterocycles. The van der Waals surface area contributed by atoms with Crippen molar-refractivity contribution in [3.8, 4) is 5.75 Å². The van der Waals surface area contributed by atoms with Crippen LogP contribution in [0, 0.1) is 0 Å². The van der Waals surface area contributed by atoms with Gasteiger partial charge in [0.25, 0.3) is 5.91 Å². The number of fused-ring (bicyclic) bond motifs is 1. The molecule has 2 heterocycles. The highest BCUT2D eigenvalue weighted by Crippen LogP contribution is 2.25. The number of rotatable bonds is 6.